The van der Waals surface area contributed by atoms with Gasteiger partial charge in [0.2, 0.25) is 5.95 Å². The predicted molar refractivity (Wildman–Crippen MR) is 139 cm³/mol. The van der Waals surface area contributed by atoms with Crippen LogP contribution >= 0.6 is 0 Å². The van der Waals surface area contributed by atoms with Crippen molar-refractivity contribution >= 4 is 45.6 Å². The van der Waals surface area contributed by atoms with Gasteiger partial charge in [-0.05, 0) is 66.6 Å². The number of carbonyl (C=O) groups excluding carboxylic acids is 1. The van der Waals surface area contributed by atoms with Crippen LogP contribution in [0.25, 0.3) is 10.9 Å². The van der Waals surface area contributed by atoms with Crippen LogP contribution in [0.3, 0.4) is 0 Å². The molecule has 0 saturated carbocycles. The van der Waals surface area contributed by atoms with E-state index in [0.717, 1.165) is 35.2 Å². The summed E-state index contributed by atoms with van der Waals surface area (Å²) in [5.41, 5.74) is 5.20. The van der Waals surface area contributed by atoms with E-state index >= 15 is 0 Å². The zero-order valence-corrected chi connectivity index (χ0v) is 18.8. The van der Waals surface area contributed by atoms with Gasteiger partial charge in [0.15, 0.2) is 5.78 Å². The highest BCUT2D eigenvalue weighted by molar-refractivity contribution is 6.13. The Morgan fingerprint density at radius 2 is 1.66 bits per heavy atom. The smallest absolute Gasteiger partial charge is 0.229 e. The van der Waals surface area contributed by atoms with E-state index in [9.17, 15) is 4.79 Å². The fourth-order valence-electron chi connectivity index (χ4n) is 4.27. The van der Waals surface area contributed by atoms with Gasteiger partial charge in [0.05, 0.1) is 5.52 Å². The van der Waals surface area contributed by atoms with Gasteiger partial charge < -0.3 is 16.0 Å². The molecule has 0 fully saturated rings. The van der Waals surface area contributed by atoms with Crippen molar-refractivity contribution in [1.29, 1.82) is 0 Å². The highest BCUT2D eigenvalue weighted by Crippen LogP contribution is 2.28. The lowest BCUT2D eigenvalue weighted by Gasteiger charge is -2.10. The second-order valence-electron chi connectivity index (χ2n) is 8.33. The van der Waals surface area contributed by atoms with Crippen molar-refractivity contribution in [3.8, 4) is 0 Å². The van der Waals surface area contributed by atoms with Crippen molar-refractivity contribution in [1.82, 2.24) is 15.0 Å². The van der Waals surface area contributed by atoms with Crippen molar-refractivity contribution < 1.29 is 4.79 Å². The topological polar surface area (TPSA) is 91.8 Å². The summed E-state index contributed by atoms with van der Waals surface area (Å²) in [5.74, 6) is 1.79. The Morgan fingerprint density at radius 1 is 0.800 bits per heavy atom. The number of pyridine rings is 1. The summed E-state index contributed by atoms with van der Waals surface area (Å²) in [6, 6.07) is 26.9. The van der Waals surface area contributed by atoms with Crippen LogP contribution < -0.4 is 16.0 Å². The predicted octanol–water partition coefficient (Wildman–Crippen LogP) is 5.71. The van der Waals surface area contributed by atoms with E-state index < -0.39 is 0 Å². The third-order valence-electron chi connectivity index (χ3n) is 6.00. The monoisotopic (exact) mass is 458 g/mol. The second-order valence-corrected chi connectivity index (χ2v) is 8.33. The second kappa shape index (κ2) is 8.87. The van der Waals surface area contributed by atoms with Crippen LogP contribution in [0.15, 0.2) is 91.1 Å². The minimum absolute atomic E-state index is 0.00753. The number of aromatic nitrogens is 3. The molecule has 5 aromatic rings. The van der Waals surface area contributed by atoms with Crippen LogP contribution in [0.2, 0.25) is 0 Å². The van der Waals surface area contributed by atoms with E-state index in [0.29, 0.717) is 28.7 Å². The first kappa shape index (κ1) is 20.8. The number of carbonyl (C=O) groups is 1. The third-order valence-corrected chi connectivity index (χ3v) is 6.00. The first-order chi connectivity index (χ1) is 17.2. The van der Waals surface area contributed by atoms with Crippen molar-refractivity contribution in [2.24, 2.45) is 0 Å². The zero-order chi connectivity index (χ0) is 23.6. The molecule has 2 aromatic heterocycles. The first-order valence-corrected chi connectivity index (χ1v) is 11.5. The summed E-state index contributed by atoms with van der Waals surface area (Å²) in [5, 5.41) is 10.8. The molecule has 3 heterocycles. The maximum Gasteiger partial charge on any atom is 0.229 e. The zero-order valence-electron chi connectivity index (χ0n) is 18.8. The number of fused-ring (bicyclic) bond motifs is 2. The Hall–Kier alpha value is -4.78. The molecule has 3 N–H and O–H groups in total. The lowest BCUT2D eigenvalue weighted by molar-refractivity contribution is 0.103. The number of nitrogens with one attached hydrogen (secondary N) is 3. The van der Waals surface area contributed by atoms with Crippen molar-refractivity contribution in [2.45, 2.75) is 6.42 Å². The Morgan fingerprint density at radius 3 is 2.57 bits per heavy atom. The number of para-hydroxylation sites is 2. The minimum Gasteiger partial charge on any atom is -0.384 e. The highest BCUT2D eigenvalue weighted by atomic mass is 16.1. The lowest BCUT2D eigenvalue weighted by Crippen LogP contribution is -2.06. The van der Waals surface area contributed by atoms with Crippen LogP contribution in [0, 0.1) is 0 Å². The van der Waals surface area contributed by atoms with Gasteiger partial charge in [-0.2, -0.15) is 4.98 Å². The summed E-state index contributed by atoms with van der Waals surface area (Å²) in [7, 11) is 0. The number of ketones is 1. The van der Waals surface area contributed by atoms with E-state index in [4.69, 9.17) is 0 Å². The van der Waals surface area contributed by atoms with Crippen LogP contribution in [-0.2, 0) is 6.42 Å². The molecule has 0 bridgehead atoms. The lowest BCUT2D eigenvalue weighted by atomic mass is 9.99. The Labute approximate surface area is 202 Å². The minimum atomic E-state index is 0.00753. The number of hydrogen-bond acceptors (Lipinski definition) is 7. The molecule has 7 nitrogen and oxygen atoms in total. The molecule has 0 amide bonds. The maximum atomic E-state index is 13.1. The van der Waals surface area contributed by atoms with Gasteiger partial charge in [-0.3, -0.25) is 4.79 Å². The summed E-state index contributed by atoms with van der Waals surface area (Å²) >= 11 is 0. The van der Waals surface area contributed by atoms with E-state index in [-0.39, 0.29) is 5.78 Å². The Kier molecular flexibility index (Phi) is 5.27. The van der Waals surface area contributed by atoms with E-state index in [1.54, 1.807) is 12.3 Å². The van der Waals surface area contributed by atoms with Gasteiger partial charge in [-0.25, -0.2) is 9.97 Å². The van der Waals surface area contributed by atoms with Crippen LogP contribution in [0.4, 0.5) is 29.0 Å². The fourth-order valence-corrected chi connectivity index (χ4v) is 4.27. The molecule has 0 radical (unpaired) electrons. The summed E-state index contributed by atoms with van der Waals surface area (Å²) in [6.45, 7) is 0.868. The van der Waals surface area contributed by atoms with Gasteiger partial charge in [0.1, 0.15) is 11.6 Å². The number of anilines is 5. The summed E-state index contributed by atoms with van der Waals surface area (Å²) in [4.78, 5) is 26.6. The normalized spacial score (nSPS) is 12.1. The quantitative estimate of drug-likeness (QED) is 0.281. The molecular weight excluding hydrogens is 436 g/mol. The molecule has 35 heavy (non-hydrogen) atoms. The van der Waals surface area contributed by atoms with Gasteiger partial charge >= 0.3 is 0 Å². The van der Waals surface area contributed by atoms with Crippen LogP contribution in [-0.4, -0.2) is 27.3 Å². The van der Waals surface area contributed by atoms with Gasteiger partial charge in [-0.15, -0.1) is 0 Å². The number of rotatable bonds is 6. The van der Waals surface area contributed by atoms with Gasteiger partial charge in [-0.1, -0.05) is 30.3 Å². The van der Waals surface area contributed by atoms with E-state index in [2.05, 4.69) is 37.0 Å². The molecular formula is C28H22N6O. The van der Waals surface area contributed by atoms with E-state index in [1.165, 1.54) is 5.56 Å². The van der Waals surface area contributed by atoms with Crippen LogP contribution in [0.5, 0.6) is 0 Å². The van der Waals surface area contributed by atoms with Gasteiger partial charge in [0.25, 0.3) is 0 Å². The molecule has 0 atom stereocenters. The molecule has 3 aromatic carbocycles. The Balaban J connectivity index is 1.17. The molecule has 0 spiro atoms. The maximum absolute atomic E-state index is 13.1. The molecule has 0 unspecified atom stereocenters. The average molecular weight is 459 g/mol. The summed E-state index contributed by atoms with van der Waals surface area (Å²) in [6.07, 6.45) is 2.63. The van der Waals surface area contributed by atoms with Crippen molar-refractivity contribution in [2.75, 3.05) is 22.5 Å². The highest BCUT2D eigenvalue weighted by Gasteiger charge is 2.19. The summed E-state index contributed by atoms with van der Waals surface area (Å²) < 4.78 is 0. The van der Waals surface area contributed by atoms with Gasteiger partial charge in [0, 0.05) is 40.6 Å². The number of nitrogens with zero attached hydrogens (tertiary/aromatic N) is 3. The fraction of sp³-hybridized carbons (Fsp3) is 0.0714. The van der Waals surface area contributed by atoms with Crippen LogP contribution in [0.1, 0.15) is 21.5 Å². The Bertz CT molecular complexity index is 1550. The molecule has 170 valence electrons. The van der Waals surface area contributed by atoms with Crippen molar-refractivity contribution in [3.63, 3.8) is 0 Å². The number of hydrogen-bond donors (Lipinski definition) is 3. The molecule has 0 saturated heterocycles. The molecule has 0 aliphatic carbocycles. The SMILES string of the molecule is O=C(c1ccc(Nc2nccc(Nc3ccc4ccccc4n3)n2)cc1)c1cccc2c1NCC2. The first-order valence-electron chi connectivity index (χ1n) is 11.5. The molecule has 1 aliphatic heterocycles. The molecule has 1 aliphatic rings. The average Bonchev–Trinajstić information content (AvgIpc) is 3.38. The molecule has 6 rings (SSSR count). The van der Waals surface area contributed by atoms with E-state index in [1.807, 2.05) is 72.8 Å². The van der Waals surface area contributed by atoms with Crippen molar-refractivity contribution in [3.05, 3.63) is 108 Å². The largest absolute Gasteiger partial charge is 0.384 e. The molecule has 7 heteroatoms. The third kappa shape index (κ3) is 4.27. The number of benzene rings is 3. The standard InChI is InChI=1S/C28H22N6O/c35-27(22-6-3-5-19-14-16-29-26(19)22)20-8-11-21(12-9-20)31-28-30-17-15-25(34-28)33-24-13-10-18-4-1-2-7-23(18)32-24/h1-13,15,17,29H,14,16H2,(H2,30,31,32,33,34).